The lowest BCUT2D eigenvalue weighted by Crippen LogP contribution is -2.25. The van der Waals surface area contributed by atoms with Crippen molar-refractivity contribution >= 4 is 5.71 Å². The first-order chi connectivity index (χ1) is 15.0. The molecule has 2 aromatic rings. The number of benzene rings is 1. The number of hydroxylamine groups is 1. The zero-order chi connectivity index (χ0) is 22.1. The van der Waals surface area contributed by atoms with Gasteiger partial charge in [0.1, 0.15) is 38.7 Å². The summed E-state index contributed by atoms with van der Waals surface area (Å²) in [6.45, 7) is 5.14. The molecule has 0 radical (unpaired) electrons. The first-order valence-electron chi connectivity index (χ1n) is 10.0. The van der Waals surface area contributed by atoms with Crippen LogP contribution in [0.5, 0.6) is 11.8 Å². The van der Waals surface area contributed by atoms with Crippen LogP contribution in [-0.4, -0.2) is 56.6 Å². The van der Waals surface area contributed by atoms with E-state index in [0.717, 1.165) is 11.1 Å². The summed E-state index contributed by atoms with van der Waals surface area (Å²) in [6.07, 6.45) is -0.133. The summed E-state index contributed by atoms with van der Waals surface area (Å²) in [5, 5.41) is 4.07. The molecule has 3 rings (SSSR count). The van der Waals surface area contributed by atoms with Crippen molar-refractivity contribution in [2.75, 3.05) is 34.0 Å². The van der Waals surface area contributed by atoms with Gasteiger partial charge in [-0.05, 0) is 19.4 Å². The van der Waals surface area contributed by atoms with Crippen LogP contribution in [0.1, 0.15) is 25.0 Å². The van der Waals surface area contributed by atoms with Crippen LogP contribution in [0, 0.1) is 0 Å². The van der Waals surface area contributed by atoms with Crippen LogP contribution in [0.3, 0.4) is 0 Å². The molecule has 9 heteroatoms. The van der Waals surface area contributed by atoms with Crippen LogP contribution < -0.4 is 15.0 Å². The Morgan fingerprint density at radius 2 is 1.94 bits per heavy atom. The molecule has 31 heavy (non-hydrogen) atoms. The Hall–Kier alpha value is -2.72. The maximum atomic E-state index is 5.91. The average Bonchev–Trinajstić information content (AvgIpc) is 3.13. The van der Waals surface area contributed by atoms with Crippen molar-refractivity contribution < 1.29 is 28.6 Å². The molecule has 1 aromatic heterocycles. The van der Waals surface area contributed by atoms with Crippen LogP contribution in [0.4, 0.5) is 0 Å². The Labute approximate surface area is 182 Å². The minimum atomic E-state index is -0.580. The normalized spacial score (nSPS) is 18.1. The molecule has 168 valence electrons. The topological polar surface area (TPSA) is 92.7 Å². The van der Waals surface area contributed by atoms with E-state index in [9.17, 15) is 0 Å². The number of aromatic nitrogens is 1. The van der Waals surface area contributed by atoms with Gasteiger partial charge < -0.3 is 23.8 Å². The second kappa shape index (κ2) is 11.1. The fourth-order valence-electron chi connectivity index (χ4n) is 3.06. The molecule has 0 aliphatic carbocycles. The Balaban J connectivity index is 1.61. The molecule has 0 amide bonds. The van der Waals surface area contributed by atoms with E-state index in [-0.39, 0.29) is 12.7 Å². The van der Waals surface area contributed by atoms with Crippen molar-refractivity contribution in [1.82, 2.24) is 10.5 Å². The van der Waals surface area contributed by atoms with Crippen molar-refractivity contribution in [3.8, 4) is 11.8 Å². The Bertz CT molecular complexity index is 874. The number of nitrogens with one attached hydrogen (secondary N) is 1. The van der Waals surface area contributed by atoms with E-state index in [1.165, 1.54) is 7.11 Å². The lowest BCUT2D eigenvalue weighted by molar-refractivity contribution is -0.141. The molecule has 1 aromatic carbocycles. The highest BCUT2D eigenvalue weighted by Crippen LogP contribution is 2.23. The Morgan fingerprint density at radius 3 is 2.65 bits per heavy atom. The van der Waals surface area contributed by atoms with E-state index >= 15 is 0 Å². The molecule has 1 aliphatic heterocycles. The minimum absolute atomic E-state index is 0.133. The standard InChI is InChI=1S/C22H29N3O6/c1-22(2)29-14-17(31-22)13-28-21-11-7-10-20(24-21)27-12-16-8-5-6-9-18(16)19(25-26-4)15-30-23-3/h5-11,17,23H,12-15H2,1-4H3/b25-19+. The van der Waals surface area contributed by atoms with Crippen molar-refractivity contribution in [1.29, 1.82) is 0 Å². The van der Waals surface area contributed by atoms with E-state index in [1.54, 1.807) is 19.2 Å². The highest BCUT2D eigenvalue weighted by molar-refractivity contribution is 6.02. The summed E-state index contributed by atoms with van der Waals surface area (Å²) in [6, 6.07) is 13.1. The molecule has 1 saturated heterocycles. The van der Waals surface area contributed by atoms with Gasteiger partial charge in [0.2, 0.25) is 11.8 Å². The zero-order valence-electron chi connectivity index (χ0n) is 18.3. The molecule has 9 nitrogen and oxygen atoms in total. The summed E-state index contributed by atoms with van der Waals surface area (Å²) >= 11 is 0. The van der Waals surface area contributed by atoms with Gasteiger partial charge in [-0.3, -0.25) is 4.84 Å². The summed E-state index contributed by atoms with van der Waals surface area (Å²) in [7, 11) is 3.19. The molecule has 0 bridgehead atoms. The van der Waals surface area contributed by atoms with E-state index < -0.39 is 5.79 Å². The number of hydrogen-bond donors (Lipinski definition) is 1. The van der Waals surface area contributed by atoms with E-state index in [2.05, 4.69) is 15.6 Å². The molecule has 1 atom stereocenters. The van der Waals surface area contributed by atoms with Crippen LogP contribution in [0.15, 0.2) is 47.6 Å². The second-order valence-corrected chi connectivity index (χ2v) is 7.23. The molecule has 0 spiro atoms. The Kier molecular flexibility index (Phi) is 8.19. The summed E-state index contributed by atoms with van der Waals surface area (Å²) < 4.78 is 23.0. The van der Waals surface area contributed by atoms with Crippen molar-refractivity contribution in [3.05, 3.63) is 53.6 Å². The molecule has 1 aliphatic rings. The van der Waals surface area contributed by atoms with Gasteiger partial charge in [-0.1, -0.05) is 35.5 Å². The van der Waals surface area contributed by atoms with Gasteiger partial charge in [-0.25, -0.2) is 5.48 Å². The minimum Gasteiger partial charge on any atom is -0.475 e. The number of nitrogens with zero attached hydrogens (tertiary/aromatic N) is 2. The first-order valence-corrected chi connectivity index (χ1v) is 10.0. The molecule has 1 unspecified atom stereocenters. The monoisotopic (exact) mass is 431 g/mol. The van der Waals surface area contributed by atoms with Crippen molar-refractivity contribution in [2.24, 2.45) is 5.16 Å². The van der Waals surface area contributed by atoms with E-state index in [0.29, 0.717) is 37.3 Å². The van der Waals surface area contributed by atoms with Crippen molar-refractivity contribution in [2.45, 2.75) is 32.3 Å². The fourth-order valence-corrected chi connectivity index (χ4v) is 3.06. The predicted molar refractivity (Wildman–Crippen MR) is 114 cm³/mol. The van der Waals surface area contributed by atoms with Gasteiger partial charge in [0.05, 0.1) is 6.61 Å². The van der Waals surface area contributed by atoms with Gasteiger partial charge in [0, 0.05) is 24.7 Å². The molecular formula is C22H29N3O6. The SMILES string of the molecule is CNOC/C(=N\OC)c1ccccc1COc1cccc(OCC2COC(C)(C)O2)n1. The zero-order valence-corrected chi connectivity index (χ0v) is 18.3. The summed E-state index contributed by atoms with van der Waals surface area (Å²) in [4.78, 5) is 14.6. The molecule has 2 heterocycles. The van der Waals surface area contributed by atoms with Crippen LogP contribution >= 0.6 is 0 Å². The second-order valence-electron chi connectivity index (χ2n) is 7.23. The molecule has 1 fully saturated rings. The fraction of sp³-hybridized carbons (Fsp3) is 0.455. The molecular weight excluding hydrogens is 402 g/mol. The van der Waals surface area contributed by atoms with Crippen LogP contribution in [0.25, 0.3) is 0 Å². The number of oxime groups is 1. The Morgan fingerprint density at radius 1 is 1.16 bits per heavy atom. The maximum absolute atomic E-state index is 5.91. The van der Waals surface area contributed by atoms with E-state index in [1.807, 2.05) is 44.2 Å². The summed E-state index contributed by atoms with van der Waals surface area (Å²) in [5.74, 6) is 0.333. The van der Waals surface area contributed by atoms with E-state index in [4.69, 9.17) is 28.6 Å². The predicted octanol–water partition coefficient (Wildman–Crippen LogP) is 2.69. The highest BCUT2D eigenvalue weighted by Gasteiger charge is 2.33. The third-order valence-corrected chi connectivity index (χ3v) is 4.44. The average molecular weight is 431 g/mol. The third-order valence-electron chi connectivity index (χ3n) is 4.44. The maximum Gasteiger partial charge on any atom is 0.216 e. The smallest absolute Gasteiger partial charge is 0.216 e. The van der Waals surface area contributed by atoms with Gasteiger partial charge >= 0.3 is 0 Å². The molecule has 1 N–H and O–H groups in total. The van der Waals surface area contributed by atoms with Gasteiger partial charge in [-0.15, -0.1) is 0 Å². The number of rotatable bonds is 11. The van der Waals surface area contributed by atoms with Gasteiger partial charge in [0.15, 0.2) is 5.79 Å². The number of pyridine rings is 1. The highest BCUT2D eigenvalue weighted by atomic mass is 16.7. The molecule has 0 saturated carbocycles. The van der Waals surface area contributed by atoms with Crippen LogP contribution in [-0.2, 0) is 25.8 Å². The van der Waals surface area contributed by atoms with Gasteiger partial charge in [0.25, 0.3) is 0 Å². The first kappa shape index (κ1) is 23.0. The van der Waals surface area contributed by atoms with Gasteiger partial charge in [-0.2, -0.15) is 4.98 Å². The number of ether oxygens (including phenoxy) is 4. The number of hydrogen-bond acceptors (Lipinski definition) is 9. The summed E-state index contributed by atoms with van der Waals surface area (Å²) in [5.41, 5.74) is 5.07. The third kappa shape index (κ3) is 6.90. The van der Waals surface area contributed by atoms with Crippen molar-refractivity contribution in [3.63, 3.8) is 0 Å². The largest absolute Gasteiger partial charge is 0.475 e. The lowest BCUT2D eigenvalue weighted by Gasteiger charge is -2.17. The quantitative estimate of drug-likeness (QED) is 0.429. The van der Waals surface area contributed by atoms with Crippen LogP contribution in [0.2, 0.25) is 0 Å². The lowest BCUT2D eigenvalue weighted by atomic mass is 10.0.